The van der Waals surface area contributed by atoms with E-state index >= 15 is 0 Å². The number of imide groups is 2. The molecule has 1 fully saturated rings. The van der Waals surface area contributed by atoms with Crippen molar-refractivity contribution in [1.29, 1.82) is 0 Å². The second kappa shape index (κ2) is 5.92. The van der Waals surface area contributed by atoms with Gasteiger partial charge in [0.15, 0.2) is 0 Å². The summed E-state index contributed by atoms with van der Waals surface area (Å²) in [4.78, 5) is 48.6. The highest BCUT2D eigenvalue weighted by Crippen LogP contribution is 2.16. The Morgan fingerprint density at radius 2 is 1.82 bits per heavy atom. The molecule has 1 aliphatic heterocycles. The van der Waals surface area contributed by atoms with Crippen LogP contribution in [-0.2, 0) is 14.4 Å². The highest BCUT2D eigenvalue weighted by atomic mass is 19.1. The molecular formula is C14H14FN3O4. The highest BCUT2D eigenvalue weighted by molar-refractivity contribution is 6.45. The molecule has 0 aromatic heterocycles. The standard InChI is InChI=1S/C14H14FN3O4/c1-8(2)18-13(21)12(20)17(14(18)22)7-11(19)16-10-6-4-3-5-9(10)15/h3-6,8H,7H2,1-2H3,(H,16,19). The number of benzene rings is 1. The number of nitrogens with one attached hydrogen (secondary N) is 1. The third kappa shape index (κ3) is 2.80. The monoisotopic (exact) mass is 307 g/mol. The third-order valence-electron chi connectivity index (χ3n) is 3.05. The van der Waals surface area contributed by atoms with E-state index in [9.17, 15) is 23.6 Å². The molecule has 0 spiro atoms. The Kier molecular flexibility index (Phi) is 4.20. The Balaban J connectivity index is 2.09. The maximum Gasteiger partial charge on any atom is 0.334 e. The zero-order valence-corrected chi connectivity index (χ0v) is 12.0. The fourth-order valence-corrected chi connectivity index (χ4v) is 2.01. The number of hydrogen-bond acceptors (Lipinski definition) is 4. The Hall–Kier alpha value is -2.77. The summed E-state index contributed by atoms with van der Waals surface area (Å²) in [5.41, 5.74) is -0.0707. The SMILES string of the molecule is CC(C)N1C(=O)C(=O)N(CC(=O)Nc2ccccc2F)C1=O. The molecule has 0 radical (unpaired) electrons. The van der Waals surface area contributed by atoms with Crippen molar-refractivity contribution in [1.82, 2.24) is 9.80 Å². The molecule has 0 unspecified atom stereocenters. The molecule has 8 heteroatoms. The van der Waals surface area contributed by atoms with Crippen LogP contribution in [0.15, 0.2) is 24.3 Å². The van der Waals surface area contributed by atoms with Crippen molar-refractivity contribution in [3.63, 3.8) is 0 Å². The quantitative estimate of drug-likeness (QED) is 0.663. The van der Waals surface area contributed by atoms with E-state index in [1.165, 1.54) is 18.2 Å². The first-order valence-electron chi connectivity index (χ1n) is 6.56. The number of urea groups is 1. The van der Waals surface area contributed by atoms with Gasteiger partial charge in [-0.3, -0.25) is 19.3 Å². The van der Waals surface area contributed by atoms with E-state index in [-0.39, 0.29) is 5.69 Å². The topological polar surface area (TPSA) is 86.8 Å². The van der Waals surface area contributed by atoms with Crippen molar-refractivity contribution in [2.45, 2.75) is 19.9 Å². The number of amides is 5. The molecule has 0 aliphatic carbocycles. The number of carbonyl (C=O) groups is 4. The molecule has 1 saturated heterocycles. The van der Waals surface area contributed by atoms with Crippen molar-refractivity contribution in [3.8, 4) is 0 Å². The minimum absolute atomic E-state index is 0.0707. The van der Waals surface area contributed by atoms with Gasteiger partial charge in [-0.25, -0.2) is 14.1 Å². The average molecular weight is 307 g/mol. The molecule has 0 atom stereocenters. The first kappa shape index (κ1) is 15.6. The van der Waals surface area contributed by atoms with E-state index in [0.29, 0.717) is 4.90 Å². The Morgan fingerprint density at radius 1 is 1.18 bits per heavy atom. The molecule has 22 heavy (non-hydrogen) atoms. The Labute approximate surface area is 125 Å². The molecule has 116 valence electrons. The molecule has 5 amide bonds. The normalized spacial score (nSPS) is 15.0. The van der Waals surface area contributed by atoms with Crippen LogP contribution in [0.5, 0.6) is 0 Å². The van der Waals surface area contributed by atoms with Crippen LogP contribution in [0.25, 0.3) is 0 Å². The van der Waals surface area contributed by atoms with Crippen LogP contribution in [-0.4, -0.2) is 46.1 Å². The van der Waals surface area contributed by atoms with Crippen LogP contribution >= 0.6 is 0 Å². The van der Waals surface area contributed by atoms with E-state index in [1.54, 1.807) is 13.8 Å². The summed E-state index contributed by atoms with van der Waals surface area (Å²) in [6.07, 6.45) is 0. The highest BCUT2D eigenvalue weighted by Gasteiger charge is 2.46. The van der Waals surface area contributed by atoms with Gasteiger partial charge in [0.05, 0.1) is 5.69 Å². The van der Waals surface area contributed by atoms with Crippen LogP contribution in [0.2, 0.25) is 0 Å². The van der Waals surface area contributed by atoms with Gasteiger partial charge in [0.1, 0.15) is 12.4 Å². The zero-order valence-electron chi connectivity index (χ0n) is 12.0. The van der Waals surface area contributed by atoms with Gasteiger partial charge in [-0.1, -0.05) is 12.1 Å². The fraction of sp³-hybridized carbons (Fsp3) is 0.286. The predicted octanol–water partition coefficient (Wildman–Crippen LogP) is 0.963. The fourth-order valence-electron chi connectivity index (χ4n) is 2.01. The number of anilines is 1. The van der Waals surface area contributed by atoms with Crippen LogP contribution in [0.3, 0.4) is 0 Å². The van der Waals surface area contributed by atoms with Gasteiger partial charge < -0.3 is 5.32 Å². The lowest BCUT2D eigenvalue weighted by Gasteiger charge is -2.18. The first-order valence-corrected chi connectivity index (χ1v) is 6.56. The van der Waals surface area contributed by atoms with Crippen molar-refractivity contribution < 1.29 is 23.6 Å². The van der Waals surface area contributed by atoms with Crippen LogP contribution in [0.4, 0.5) is 14.9 Å². The summed E-state index contributed by atoms with van der Waals surface area (Å²) in [5.74, 6) is -3.46. The number of rotatable bonds is 4. The summed E-state index contributed by atoms with van der Waals surface area (Å²) in [6.45, 7) is 2.50. The lowest BCUT2D eigenvalue weighted by atomic mass is 10.3. The lowest BCUT2D eigenvalue weighted by molar-refractivity contribution is -0.144. The van der Waals surface area contributed by atoms with Gasteiger partial charge in [0, 0.05) is 6.04 Å². The van der Waals surface area contributed by atoms with Crippen molar-refractivity contribution in [3.05, 3.63) is 30.1 Å². The second-order valence-electron chi connectivity index (χ2n) is 4.97. The number of para-hydroxylation sites is 1. The largest absolute Gasteiger partial charge is 0.334 e. The molecule has 2 rings (SSSR count). The molecule has 1 N–H and O–H groups in total. The summed E-state index contributed by atoms with van der Waals surface area (Å²) < 4.78 is 13.4. The molecule has 7 nitrogen and oxygen atoms in total. The van der Waals surface area contributed by atoms with Crippen molar-refractivity contribution in [2.24, 2.45) is 0 Å². The van der Waals surface area contributed by atoms with E-state index in [0.717, 1.165) is 11.0 Å². The van der Waals surface area contributed by atoms with Gasteiger partial charge in [-0.05, 0) is 26.0 Å². The Morgan fingerprint density at radius 3 is 2.36 bits per heavy atom. The lowest BCUT2D eigenvalue weighted by Crippen LogP contribution is -2.40. The second-order valence-corrected chi connectivity index (χ2v) is 4.97. The van der Waals surface area contributed by atoms with E-state index in [4.69, 9.17) is 0 Å². The van der Waals surface area contributed by atoms with Crippen LogP contribution in [0, 0.1) is 5.82 Å². The summed E-state index contributed by atoms with van der Waals surface area (Å²) in [5, 5.41) is 2.25. The van der Waals surface area contributed by atoms with Crippen LogP contribution < -0.4 is 5.32 Å². The predicted molar refractivity (Wildman–Crippen MR) is 74.1 cm³/mol. The molecule has 0 bridgehead atoms. The summed E-state index contributed by atoms with van der Waals surface area (Å²) >= 11 is 0. The number of carbonyl (C=O) groups excluding carboxylic acids is 4. The summed E-state index contributed by atoms with van der Waals surface area (Å²) in [7, 11) is 0. The number of nitrogens with zero attached hydrogens (tertiary/aromatic N) is 2. The van der Waals surface area contributed by atoms with Crippen LogP contribution in [0.1, 0.15) is 13.8 Å². The van der Waals surface area contributed by atoms with E-state index in [1.807, 2.05) is 0 Å². The first-order chi connectivity index (χ1) is 10.3. The molecule has 1 heterocycles. The molecular weight excluding hydrogens is 293 g/mol. The minimum Gasteiger partial charge on any atom is -0.322 e. The number of hydrogen-bond donors (Lipinski definition) is 1. The smallest absolute Gasteiger partial charge is 0.322 e. The van der Waals surface area contributed by atoms with Crippen molar-refractivity contribution in [2.75, 3.05) is 11.9 Å². The van der Waals surface area contributed by atoms with Gasteiger partial charge >= 0.3 is 17.8 Å². The molecule has 0 saturated carbocycles. The minimum atomic E-state index is -1.07. The third-order valence-corrected chi connectivity index (χ3v) is 3.05. The molecule has 1 aromatic rings. The number of halogens is 1. The van der Waals surface area contributed by atoms with Gasteiger partial charge in [-0.15, -0.1) is 0 Å². The maximum absolute atomic E-state index is 13.4. The van der Waals surface area contributed by atoms with E-state index < -0.39 is 42.2 Å². The molecule has 1 aliphatic rings. The Bertz CT molecular complexity index is 659. The van der Waals surface area contributed by atoms with Gasteiger partial charge in [-0.2, -0.15) is 0 Å². The van der Waals surface area contributed by atoms with Gasteiger partial charge in [0.2, 0.25) is 5.91 Å². The average Bonchev–Trinajstić information content (AvgIpc) is 2.65. The van der Waals surface area contributed by atoms with Crippen molar-refractivity contribution >= 4 is 29.4 Å². The van der Waals surface area contributed by atoms with Gasteiger partial charge in [0.25, 0.3) is 0 Å². The molecule has 1 aromatic carbocycles. The summed E-state index contributed by atoms with van der Waals surface area (Å²) in [6, 6.07) is 4.13. The zero-order chi connectivity index (χ0) is 16.4. The maximum atomic E-state index is 13.4. The van der Waals surface area contributed by atoms with E-state index in [2.05, 4.69) is 5.32 Å².